The van der Waals surface area contributed by atoms with Gasteiger partial charge in [0.25, 0.3) is 0 Å². The van der Waals surface area contributed by atoms with Crippen LogP contribution >= 0.6 is 11.6 Å². The molecule has 80 valence electrons. The zero-order valence-electron chi connectivity index (χ0n) is 7.86. The standard InChI is InChI=1S/C10H9ClO4/c11-7-4-9-8(14-5-15-9)3-6(7)10-12-1-2-13-10/h3-4,10H,1-2,5H2. The molecule has 15 heavy (non-hydrogen) atoms. The molecule has 0 spiro atoms. The topological polar surface area (TPSA) is 36.9 Å². The molecule has 0 atom stereocenters. The third-order valence-electron chi connectivity index (χ3n) is 2.37. The summed E-state index contributed by atoms with van der Waals surface area (Å²) in [6.07, 6.45) is -0.382. The van der Waals surface area contributed by atoms with E-state index >= 15 is 0 Å². The van der Waals surface area contributed by atoms with Gasteiger partial charge in [-0.05, 0) is 6.07 Å². The average molecular weight is 229 g/mol. The van der Waals surface area contributed by atoms with Gasteiger partial charge in [0.15, 0.2) is 17.8 Å². The largest absolute Gasteiger partial charge is 0.454 e. The molecule has 0 aliphatic carbocycles. The van der Waals surface area contributed by atoms with E-state index in [1.165, 1.54) is 0 Å². The molecule has 0 saturated carbocycles. The highest BCUT2D eigenvalue weighted by molar-refractivity contribution is 6.31. The van der Waals surface area contributed by atoms with Gasteiger partial charge in [-0.2, -0.15) is 0 Å². The second kappa shape index (κ2) is 3.56. The molecule has 0 radical (unpaired) electrons. The molecule has 1 saturated heterocycles. The van der Waals surface area contributed by atoms with Crippen LogP contribution in [-0.4, -0.2) is 20.0 Å². The van der Waals surface area contributed by atoms with Crippen molar-refractivity contribution in [3.8, 4) is 11.5 Å². The van der Waals surface area contributed by atoms with E-state index in [0.29, 0.717) is 29.7 Å². The lowest BCUT2D eigenvalue weighted by Crippen LogP contribution is -1.99. The molecular formula is C10H9ClO4. The third-order valence-corrected chi connectivity index (χ3v) is 2.69. The Balaban J connectivity index is 2.00. The molecular weight excluding hydrogens is 220 g/mol. The van der Waals surface area contributed by atoms with Crippen molar-refractivity contribution >= 4 is 11.6 Å². The van der Waals surface area contributed by atoms with E-state index in [2.05, 4.69) is 0 Å². The van der Waals surface area contributed by atoms with Gasteiger partial charge < -0.3 is 18.9 Å². The zero-order valence-corrected chi connectivity index (χ0v) is 8.62. The van der Waals surface area contributed by atoms with Crippen molar-refractivity contribution in [2.75, 3.05) is 20.0 Å². The number of benzene rings is 1. The summed E-state index contributed by atoms with van der Waals surface area (Å²) in [7, 11) is 0. The molecule has 3 rings (SSSR count). The summed E-state index contributed by atoms with van der Waals surface area (Å²) in [6.45, 7) is 1.42. The molecule has 0 aromatic heterocycles. The summed E-state index contributed by atoms with van der Waals surface area (Å²) >= 11 is 6.09. The summed E-state index contributed by atoms with van der Waals surface area (Å²) in [6, 6.07) is 3.53. The van der Waals surface area contributed by atoms with Crippen molar-refractivity contribution in [2.24, 2.45) is 0 Å². The highest BCUT2D eigenvalue weighted by Gasteiger charge is 2.25. The summed E-state index contributed by atoms with van der Waals surface area (Å²) in [4.78, 5) is 0. The van der Waals surface area contributed by atoms with Gasteiger partial charge >= 0.3 is 0 Å². The van der Waals surface area contributed by atoms with Gasteiger partial charge in [0.1, 0.15) is 0 Å². The van der Waals surface area contributed by atoms with E-state index in [1.54, 1.807) is 12.1 Å². The van der Waals surface area contributed by atoms with Gasteiger partial charge in [0, 0.05) is 11.6 Å². The van der Waals surface area contributed by atoms with Crippen LogP contribution in [0.2, 0.25) is 5.02 Å². The van der Waals surface area contributed by atoms with E-state index in [9.17, 15) is 0 Å². The van der Waals surface area contributed by atoms with Crippen LogP contribution in [0.15, 0.2) is 12.1 Å². The molecule has 1 fully saturated rings. The molecule has 2 aliphatic heterocycles. The van der Waals surface area contributed by atoms with Crippen LogP contribution < -0.4 is 9.47 Å². The molecule has 2 heterocycles. The third kappa shape index (κ3) is 1.55. The number of fused-ring (bicyclic) bond motifs is 1. The van der Waals surface area contributed by atoms with Crippen LogP contribution in [0.3, 0.4) is 0 Å². The average Bonchev–Trinajstić information content (AvgIpc) is 2.85. The van der Waals surface area contributed by atoms with Crippen LogP contribution in [0.25, 0.3) is 0 Å². The van der Waals surface area contributed by atoms with Crippen LogP contribution in [0, 0.1) is 0 Å². The number of hydrogen-bond acceptors (Lipinski definition) is 4. The first-order chi connectivity index (χ1) is 7.34. The lowest BCUT2D eigenvalue weighted by atomic mass is 10.2. The maximum absolute atomic E-state index is 6.09. The summed E-state index contributed by atoms with van der Waals surface area (Å²) in [5.41, 5.74) is 0.790. The van der Waals surface area contributed by atoms with Crippen LogP contribution in [0.4, 0.5) is 0 Å². The van der Waals surface area contributed by atoms with E-state index in [4.69, 9.17) is 30.5 Å². The second-order valence-corrected chi connectivity index (χ2v) is 3.71. The minimum Gasteiger partial charge on any atom is -0.454 e. The highest BCUT2D eigenvalue weighted by atomic mass is 35.5. The fourth-order valence-corrected chi connectivity index (χ4v) is 1.89. The molecule has 0 amide bonds. The number of halogens is 1. The highest BCUT2D eigenvalue weighted by Crippen LogP contribution is 2.40. The Morgan fingerprint density at radius 2 is 1.73 bits per heavy atom. The first-order valence-electron chi connectivity index (χ1n) is 4.67. The van der Waals surface area contributed by atoms with Crippen molar-refractivity contribution in [1.82, 2.24) is 0 Å². The molecule has 0 unspecified atom stereocenters. The fourth-order valence-electron chi connectivity index (χ4n) is 1.65. The van der Waals surface area contributed by atoms with Crippen molar-refractivity contribution in [3.05, 3.63) is 22.7 Å². The molecule has 2 aliphatic rings. The fraction of sp³-hybridized carbons (Fsp3) is 0.400. The zero-order chi connectivity index (χ0) is 10.3. The first kappa shape index (κ1) is 9.27. The number of ether oxygens (including phenoxy) is 4. The minimum absolute atomic E-state index is 0.238. The molecule has 1 aromatic rings. The van der Waals surface area contributed by atoms with Crippen molar-refractivity contribution in [3.63, 3.8) is 0 Å². The predicted molar refractivity (Wildman–Crippen MR) is 52.2 cm³/mol. The van der Waals surface area contributed by atoms with Gasteiger partial charge in [-0.15, -0.1) is 0 Å². The Bertz CT molecular complexity index is 387. The van der Waals surface area contributed by atoms with Crippen molar-refractivity contribution in [1.29, 1.82) is 0 Å². The Labute approximate surface area is 91.6 Å². The van der Waals surface area contributed by atoms with E-state index in [0.717, 1.165) is 5.56 Å². The molecule has 1 aromatic carbocycles. The maximum Gasteiger partial charge on any atom is 0.231 e. The van der Waals surface area contributed by atoms with Gasteiger partial charge in [-0.3, -0.25) is 0 Å². The van der Waals surface area contributed by atoms with Gasteiger partial charge in [-0.1, -0.05) is 11.6 Å². The van der Waals surface area contributed by atoms with E-state index in [-0.39, 0.29) is 13.1 Å². The normalized spacial score (nSPS) is 19.8. The van der Waals surface area contributed by atoms with Crippen LogP contribution in [0.5, 0.6) is 11.5 Å². The molecule has 0 bridgehead atoms. The van der Waals surface area contributed by atoms with Crippen molar-refractivity contribution in [2.45, 2.75) is 6.29 Å². The second-order valence-electron chi connectivity index (χ2n) is 3.30. The smallest absolute Gasteiger partial charge is 0.231 e. The van der Waals surface area contributed by atoms with Crippen LogP contribution in [-0.2, 0) is 9.47 Å². The quantitative estimate of drug-likeness (QED) is 0.738. The first-order valence-corrected chi connectivity index (χ1v) is 5.04. The summed E-state index contributed by atoms with van der Waals surface area (Å²) in [5, 5.41) is 0.575. The Morgan fingerprint density at radius 1 is 1.07 bits per heavy atom. The molecule has 4 nitrogen and oxygen atoms in total. The molecule has 5 heteroatoms. The van der Waals surface area contributed by atoms with Gasteiger partial charge in [0.2, 0.25) is 6.79 Å². The number of rotatable bonds is 1. The summed E-state index contributed by atoms with van der Waals surface area (Å²) < 4.78 is 21.2. The predicted octanol–water partition coefficient (Wildman–Crippen LogP) is 2.11. The van der Waals surface area contributed by atoms with Crippen molar-refractivity contribution < 1.29 is 18.9 Å². The van der Waals surface area contributed by atoms with E-state index < -0.39 is 0 Å². The SMILES string of the molecule is Clc1cc2c(cc1C1OCCO1)OCO2. The Kier molecular flexibility index (Phi) is 2.20. The van der Waals surface area contributed by atoms with E-state index in [1.807, 2.05) is 0 Å². The molecule has 0 N–H and O–H groups in total. The minimum atomic E-state index is -0.382. The van der Waals surface area contributed by atoms with Gasteiger partial charge in [0.05, 0.1) is 18.2 Å². The van der Waals surface area contributed by atoms with Gasteiger partial charge in [-0.25, -0.2) is 0 Å². The maximum atomic E-state index is 6.09. The Morgan fingerprint density at radius 3 is 2.47 bits per heavy atom. The summed E-state index contributed by atoms with van der Waals surface area (Å²) in [5.74, 6) is 1.36. The lowest BCUT2D eigenvalue weighted by molar-refractivity contribution is -0.0441. The monoisotopic (exact) mass is 228 g/mol. The number of hydrogen-bond donors (Lipinski definition) is 0. The Hall–Kier alpha value is -0.970. The lowest BCUT2D eigenvalue weighted by Gasteiger charge is -2.11. The van der Waals surface area contributed by atoms with Crippen LogP contribution in [0.1, 0.15) is 11.9 Å².